The first kappa shape index (κ1) is 46.7. The smallest absolute Gasteiger partial charge is 0.310 e. The summed E-state index contributed by atoms with van der Waals surface area (Å²) in [6, 6.07) is 0. The van der Waals surface area contributed by atoms with Gasteiger partial charge >= 0.3 is 11.9 Å². The number of ether oxygens (including phenoxy) is 4. The summed E-state index contributed by atoms with van der Waals surface area (Å²) in [6.07, 6.45) is 34.7. The molecule has 1 aliphatic heterocycles. The lowest BCUT2D eigenvalue weighted by molar-refractivity contribution is -0.156. The first-order valence-electron chi connectivity index (χ1n) is 22.4. The van der Waals surface area contributed by atoms with Crippen molar-refractivity contribution in [2.24, 2.45) is 17.8 Å². The predicted octanol–water partition coefficient (Wildman–Crippen LogP) is 11.4. The van der Waals surface area contributed by atoms with E-state index in [1.54, 1.807) is 0 Å². The average Bonchev–Trinajstić information content (AvgIpc) is 3.74. The van der Waals surface area contributed by atoms with Crippen molar-refractivity contribution in [2.45, 2.75) is 200 Å². The number of carbonyl (C=O) groups excluding carboxylic acids is 2. The summed E-state index contributed by atoms with van der Waals surface area (Å²) in [6.45, 7) is 10.5. The Morgan fingerprint density at radius 1 is 0.692 bits per heavy atom. The molecule has 1 saturated carbocycles. The van der Waals surface area contributed by atoms with Crippen molar-refractivity contribution in [2.75, 3.05) is 46.6 Å². The Hall–Kier alpha value is -1.44. The molecule has 304 valence electrons. The van der Waals surface area contributed by atoms with Crippen LogP contribution in [0.5, 0.6) is 0 Å². The zero-order chi connectivity index (χ0) is 37.5. The topological polar surface area (TPSA) is 74.3 Å². The van der Waals surface area contributed by atoms with Gasteiger partial charge in [-0.05, 0) is 64.5 Å². The molecule has 2 rings (SSSR count). The van der Waals surface area contributed by atoms with E-state index in [2.05, 4.69) is 44.9 Å². The molecule has 0 aromatic rings. The van der Waals surface area contributed by atoms with E-state index in [4.69, 9.17) is 18.9 Å². The van der Waals surface area contributed by atoms with Crippen LogP contribution in [0.4, 0.5) is 0 Å². The van der Waals surface area contributed by atoms with Gasteiger partial charge in [0.2, 0.25) is 0 Å². The Bertz CT molecular complexity index is 895. The highest BCUT2D eigenvalue weighted by molar-refractivity contribution is 5.73. The molecule has 0 amide bonds. The summed E-state index contributed by atoms with van der Waals surface area (Å²) in [4.78, 5) is 28.4. The minimum absolute atomic E-state index is 0.0366. The van der Waals surface area contributed by atoms with Crippen LogP contribution in [-0.2, 0) is 28.5 Å². The van der Waals surface area contributed by atoms with Crippen molar-refractivity contribution < 1.29 is 28.5 Å². The molecule has 1 heterocycles. The van der Waals surface area contributed by atoms with Crippen LogP contribution in [0, 0.1) is 17.8 Å². The Labute approximate surface area is 321 Å². The van der Waals surface area contributed by atoms with Gasteiger partial charge in [0.15, 0.2) is 0 Å². The molecular weight excluding hydrogens is 650 g/mol. The highest BCUT2D eigenvalue weighted by Gasteiger charge is 2.40. The third kappa shape index (κ3) is 22.7. The zero-order valence-corrected chi connectivity index (χ0v) is 34.6. The van der Waals surface area contributed by atoms with Crippen molar-refractivity contribution >= 4 is 11.9 Å². The van der Waals surface area contributed by atoms with Crippen LogP contribution in [0.25, 0.3) is 0 Å². The third-order valence-electron chi connectivity index (χ3n) is 11.4. The summed E-state index contributed by atoms with van der Waals surface area (Å²) in [5.74, 6) is 0.0108. The number of esters is 2. The van der Waals surface area contributed by atoms with Gasteiger partial charge in [0, 0.05) is 32.1 Å². The molecular formula is C45H83NO6. The second kappa shape index (κ2) is 31.9. The molecule has 7 heteroatoms. The van der Waals surface area contributed by atoms with Gasteiger partial charge in [-0.3, -0.25) is 9.59 Å². The van der Waals surface area contributed by atoms with E-state index in [1.165, 1.54) is 116 Å². The minimum Gasteiger partial charge on any atom is -0.463 e. The Kier molecular flexibility index (Phi) is 28.6. The van der Waals surface area contributed by atoms with Crippen LogP contribution < -0.4 is 0 Å². The molecule has 0 bridgehead atoms. The largest absolute Gasteiger partial charge is 0.463 e. The Morgan fingerprint density at radius 3 is 1.83 bits per heavy atom. The highest BCUT2D eigenvalue weighted by Crippen LogP contribution is 2.40. The number of unbranched alkanes of at least 4 members (excludes halogenated alkanes) is 18. The highest BCUT2D eigenvalue weighted by atomic mass is 16.6. The number of rotatable bonds is 34. The van der Waals surface area contributed by atoms with Crippen LogP contribution in [0.15, 0.2) is 12.2 Å². The zero-order valence-electron chi connectivity index (χ0n) is 34.6. The normalized spacial score (nSPS) is 21.3. The van der Waals surface area contributed by atoms with Gasteiger partial charge in [0.05, 0.1) is 12.5 Å². The van der Waals surface area contributed by atoms with Crippen LogP contribution in [0.3, 0.4) is 0 Å². The van der Waals surface area contributed by atoms with E-state index in [0.29, 0.717) is 19.6 Å². The minimum atomic E-state index is -0.240. The maximum absolute atomic E-state index is 13.2. The quantitative estimate of drug-likeness (QED) is 0.0370. The van der Waals surface area contributed by atoms with Crippen LogP contribution in [0.1, 0.15) is 188 Å². The van der Waals surface area contributed by atoms with Gasteiger partial charge in [0.1, 0.15) is 18.8 Å². The van der Waals surface area contributed by atoms with Crippen molar-refractivity contribution in [3.63, 3.8) is 0 Å². The lowest BCUT2D eigenvalue weighted by Crippen LogP contribution is -2.31. The van der Waals surface area contributed by atoms with Gasteiger partial charge in [-0.25, -0.2) is 0 Å². The Balaban J connectivity index is 1.76. The molecule has 5 atom stereocenters. The van der Waals surface area contributed by atoms with E-state index in [1.807, 2.05) is 0 Å². The maximum atomic E-state index is 13.2. The number of carbonyl (C=O) groups is 2. The second-order valence-electron chi connectivity index (χ2n) is 16.2. The van der Waals surface area contributed by atoms with Crippen molar-refractivity contribution in [1.82, 2.24) is 4.90 Å². The fraction of sp³-hybridized carbons (Fsp3) is 0.911. The lowest BCUT2D eigenvalue weighted by atomic mass is 9.88. The Morgan fingerprint density at radius 2 is 1.27 bits per heavy atom. The molecule has 0 spiro atoms. The van der Waals surface area contributed by atoms with Gasteiger partial charge in [0.25, 0.3) is 0 Å². The number of allylic oxidation sites excluding steroid dienone is 2. The molecule has 7 nitrogen and oxygen atoms in total. The van der Waals surface area contributed by atoms with Gasteiger partial charge < -0.3 is 23.8 Å². The van der Waals surface area contributed by atoms with Crippen LogP contribution in [-0.4, -0.2) is 75.6 Å². The first-order chi connectivity index (χ1) is 25.5. The van der Waals surface area contributed by atoms with Crippen LogP contribution in [0.2, 0.25) is 0 Å². The van der Waals surface area contributed by atoms with E-state index in [-0.39, 0.29) is 48.5 Å². The fourth-order valence-corrected chi connectivity index (χ4v) is 8.00. The van der Waals surface area contributed by atoms with Crippen molar-refractivity contribution in [3.8, 4) is 0 Å². The first-order valence-corrected chi connectivity index (χ1v) is 22.4. The molecule has 0 radical (unpaired) electrons. The number of hydrogen-bond donors (Lipinski definition) is 0. The number of likely N-dealkylation sites (tertiary alicyclic amines) is 1. The maximum Gasteiger partial charge on any atom is 0.310 e. The van der Waals surface area contributed by atoms with E-state index in [9.17, 15) is 9.59 Å². The monoisotopic (exact) mass is 734 g/mol. The van der Waals surface area contributed by atoms with E-state index in [0.717, 1.165) is 64.6 Å². The SMILES string of the molecule is CC/C=C\CC1C(CC(=O)OCC(COCCCCCCCCCCCC)OCCCCCCCCCCCC)CCC1OC(=O)C1CCN(C)C1. The summed E-state index contributed by atoms with van der Waals surface area (Å²) in [5, 5.41) is 0. The summed E-state index contributed by atoms with van der Waals surface area (Å²) >= 11 is 0. The number of nitrogens with zero attached hydrogens (tertiary/aromatic N) is 1. The molecule has 52 heavy (non-hydrogen) atoms. The molecule has 1 saturated heterocycles. The van der Waals surface area contributed by atoms with E-state index >= 15 is 0 Å². The molecule has 0 aromatic carbocycles. The fourth-order valence-electron chi connectivity index (χ4n) is 8.00. The molecule has 0 aromatic heterocycles. The second-order valence-corrected chi connectivity index (χ2v) is 16.2. The summed E-state index contributed by atoms with van der Waals surface area (Å²) in [7, 11) is 2.06. The number of hydrogen-bond acceptors (Lipinski definition) is 7. The molecule has 5 unspecified atom stereocenters. The molecule has 2 aliphatic rings. The van der Waals surface area contributed by atoms with E-state index < -0.39 is 0 Å². The average molecular weight is 734 g/mol. The van der Waals surface area contributed by atoms with Crippen molar-refractivity contribution in [3.05, 3.63) is 12.2 Å². The van der Waals surface area contributed by atoms with Crippen LogP contribution >= 0.6 is 0 Å². The van der Waals surface area contributed by atoms with Gasteiger partial charge in [-0.2, -0.15) is 0 Å². The summed E-state index contributed by atoms with van der Waals surface area (Å²) < 4.78 is 24.4. The molecule has 1 aliphatic carbocycles. The predicted molar refractivity (Wildman–Crippen MR) is 216 cm³/mol. The van der Waals surface area contributed by atoms with Gasteiger partial charge in [-0.1, -0.05) is 148 Å². The standard InChI is InChI=1S/C45H83NO6/c1-5-8-11-13-15-17-19-21-23-26-33-49-37-41(50-34-27-24-22-20-18-16-14-12-9-6-2)38-51-44(47)35-39-29-30-43(42(39)28-25-10-7-3)52-45(48)40-31-32-46(4)36-40/h10,25,39-43H,5-9,11-24,26-38H2,1-4H3/b25-10-. The third-order valence-corrected chi connectivity index (χ3v) is 11.4. The van der Waals surface area contributed by atoms with Crippen molar-refractivity contribution in [1.29, 1.82) is 0 Å². The molecule has 2 fully saturated rings. The van der Waals surface area contributed by atoms with Gasteiger partial charge in [-0.15, -0.1) is 0 Å². The lowest BCUT2D eigenvalue weighted by Gasteiger charge is -2.25. The summed E-state index contributed by atoms with van der Waals surface area (Å²) in [5.41, 5.74) is 0. The molecule has 0 N–H and O–H groups in total.